The molecule has 1 aromatic rings. The van der Waals surface area contributed by atoms with Gasteiger partial charge in [0.05, 0.1) is 6.20 Å². The quantitative estimate of drug-likeness (QED) is 0.802. The molecule has 0 bridgehead atoms. The Morgan fingerprint density at radius 2 is 2.29 bits per heavy atom. The van der Waals surface area contributed by atoms with Crippen molar-refractivity contribution >= 4 is 24.8 Å². The van der Waals surface area contributed by atoms with Crippen molar-refractivity contribution < 1.29 is 0 Å². The SMILES string of the molecule is Cl.Cl.Cn1ncc2c1CCC(CN)C2. The van der Waals surface area contributed by atoms with Gasteiger partial charge in [-0.25, -0.2) is 0 Å². The normalized spacial score (nSPS) is 19.1. The highest BCUT2D eigenvalue weighted by molar-refractivity contribution is 5.85. The molecule has 2 rings (SSSR count). The Balaban J connectivity index is 0.000000845. The van der Waals surface area contributed by atoms with E-state index in [1.54, 1.807) is 0 Å². The van der Waals surface area contributed by atoms with Crippen molar-refractivity contribution in [1.82, 2.24) is 9.78 Å². The molecule has 0 saturated carbocycles. The zero-order chi connectivity index (χ0) is 8.55. The second-order valence-corrected chi connectivity index (χ2v) is 3.58. The maximum absolute atomic E-state index is 5.64. The number of hydrogen-bond donors (Lipinski definition) is 1. The zero-order valence-corrected chi connectivity index (χ0v) is 9.90. The maximum atomic E-state index is 5.64. The van der Waals surface area contributed by atoms with Crippen LogP contribution in [0.25, 0.3) is 0 Å². The van der Waals surface area contributed by atoms with E-state index in [4.69, 9.17) is 5.73 Å². The third kappa shape index (κ3) is 2.41. The predicted octanol–water partition coefficient (Wildman–Crippen LogP) is 1.33. The minimum atomic E-state index is 0. The van der Waals surface area contributed by atoms with Gasteiger partial charge in [0.25, 0.3) is 0 Å². The van der Waals surface area contributed by atoms with Gasteiger partial charge in [0, 0.05) is 12.7 Å². The van der Waals surface area contributed by atoms with Crippen molar-refractivity contribution in [1.29, 1.82) is 0 Å². The largest absolute Gasteiger partial charge is 0.330 e. The van der Waals surface area contributed by atoms with Crippen LogP contribution in [0.1, 0.15) is 17.7 Å². The van der Waals surface area contributed by atoms with E-state index in [-0.39, 0.29) is 24.8 Å². The smallest absolute Gasteiger partial charge is 0.0524 e. The van der Waals surface area contributed by atoms with Crippen LogP contribution >= 0.6 is 24.8 Å². The van der Waals surface area contributed by atoms with Crippen LogP contribution in [0.2, 0.25) is 0 Å². The van der Waals surface area contributed by atoms with Crippen LogP contribution in [-0.4, -0.2) is 16.3 Å². The van der Waals surface area contributed by atoms with E-state index in [2.05, 4.69) is 5.10 Å². The molecule has 0 aliphatic heterocycles. The Morgan fingerprint density at radius 3 is 2.93 bits per heavy atom. The minimum absolute atomic E-state index is 0. The lowest BCUT2D eigenvalue weighted by Gasteiger charge is -2.20. The molecule has 0 spiro atoms. The number of halogens is 2. The first-order chi connectivity index (χ1) is 5.81. The highest BCUT2D eigenvalue weighted by atomic mass is 35.5. The van der Waals surface area contributed by atoms with Crippen molar-refractivity contribution in [2.45, 2.75) is 19.3 Å². The van der Waals surface area contributed by atoms with E-state index >= 15 is 0 Å². The lowest BCUT2D eigenvalue weighted by molar-refractivity contribution is 0.458. The molecule has 1 heterocycles. The molecule has 0 saturated heterocycles. The van der Waals surface area contributed by atoms with Gasteiger partial charge in [0.1, 0.15) is 0 Å². The van der Waals surface area contributed by atoms with Crippen molar-refractivity contribution in [3.05, 3.63) is 17.5 Å². The Bertz CT molecular complexity index is 286. The molecule has 1 atom stereocenters. The molecule has 0 aromatic carbocycles. The Kier molecular flexibility index (Phi) is 5.49. The van der Waals surface area contributed by atoms with Crippen LogP contribution in [0.4, 0.5) is 0 Å². The first-order valence-electron chi connectivity index (χ1n) is 4.51. The fourth-order valence-corrected chi connectivity index (χ4v) is 1.96. The number of fused-ring (bicyclic) bond motifs is 1. The molecule has 0 radical (unpaired) electrons. The van der Waals surface area contributed by atoms with Crippen molar-refractivity contribution in [2.24, 2.45) is 18.7 Å². The molecular formula is C9H17Cl2N3. The Labute approximate surface area is 96.9 Å². The summed E-state index contributed by atoms with van der Waals surface area (Å²) in [5.41, 5.74) is 8.44. The standard InChI is InChI=1S/C9H15N3.2ClH/c1-12-9-3-2-7(5-10)4-8(9)6-11-12;;/h6-7H,2-5,10H2,1H3;2*1H. The molecule has 1 aromatic heterocycles. The molecule has 1 aliphatic rings. The van der Waals surface area contributed by atoms with Gasteiger partial charge in [0.2, 0.25) is 0 Å². The predicted molar refractivity (Wildman–Crippen MR) is 62.3 cm³/mol. The molecule has 82 valence electrons. The number of nitrogens with two attached hydrogens (primary N) is 1. The van der Waals surface area contributed by atoms with Gasteiger partial charge >= 0.3 is 0 Å². The van der Waals surface area contributed by atoms with Gasteiger partial charge in [-0.1, -0.05) is 0 Å². The van der Waals surface area contributed by atoms with E-state index in [0.717, 1.165) is 19.4 Å². The first kappa shape index (κ1) is 13.8. The van der Waals surface area contributed by atoms with Gasteiger partial charge in [-0.2, -0.15) is 5.10 Å². The lowest BCUT2D eigenvalue weighted by Crippen LogP contribution is -2.22. The molecule has 2 N–H and O–H groups in total. The van der Waals surface area contributed by atoms with E-state index in [1.165, 1.54) is 17.7 Å². The van der Waals surface area contributed by atoms with Crippen LogP contribution < -0.4 is 5.73 Å². The summed E-state index contributed by atoms with van der Waals surface area (Å²) in [6.07, 6.45) is 5.48. The first-order valence-corrected chi connectivity index (χ1v) is 4.51. The number of hydrogen-bond acceptors (Lipinski definition) is 2. The van der Waals surface area contributed by atoms with Gasteiger partial charge in [-0.15, -0.1) is 24.8 Å². The summed E-state index contributed by atoms with van der Waals surface area (Å²) in [5.74, 6) is 0.682. The summed E-state index contributed by atoms with van der Waals surface area (Å²) in [6.45, 7) is 0.814. The van der Waals surface area contributed by atoms with Crippen molar-refractivity contribution in [3.63, 3.8) is 0 Å². The van der Waals surface area contributed by atoms with Crippen LogP contribution in [0, 0.1) is 5.92 Å². The number of aromatic nitrogens is 2. The van der Waals surface area contributed by atoms with Gasteiger partial charge in [-0.05, 0) is 37.3 Å². The highest BCUT2D eigenvalue weighted by Gasteiger charge is 2.19. The monoisotopic (exact) mass is 237 g/mol. The molecule has 1 aliphatic carbocycles. The molecule has 0 fully saturated rings. The summed E-state index contributed by atoms with van der Waals surface area (Å²) in [4.78, 5) is 0. The summed E-state index contributed by atoms with van der Waals surface area (Å²) >= 11 is 0. The lowest BCUT2D eigenvalue weighted by atomic mass is 9.88. The number of nitrogens with zero attached hydrogens (tertiary/aromatic N) is 2. The number of rotatable bonds is 1. The van der Waals surface area contributed by atoms with Crippen molar-refractivity contribution in [3.8, 4) is 0 Å². The van der Waals surface area contributed by atoms with Crippen LogP contribution in [0.3, 0.4) is 0 Å². The minimum Gasteiger partial charge on any atom is -0.330 e. The summed E-state index contributed by atoms with van der Waals surface area (Å²) in [5, 5.41) is 4.24. The van der Waals surface area contributed by atoms with Crippen LogP contribution in [-0.2, 0) is 19.9 Å². The van der Waals surface area contributed by atoms with Crippen LogP contribution in [0.5, 0.6) is 0 Å². The molecular weight excluding hydrogens is 221 g/mol. The Morgan fingerprint density at radius 1 is 1.57 bits per heavy atom. The number of aryl methyl sites for hydroxylation is 1. The summed E-state index contributed by atoms with van der Waals surface area (Å²) in [6, 6.07) is 0. The van der Waals surface area contributed by atoms with Crippen LogP contribution in [0.15, 0.2) is 6.20 Å². The fourth-order valence-electron chi connectivity index (χ4n) is 1.96. The molecule has 0 amide bonds. The van der Waals surface area contributed by atoms with Crippen molar-refractivity contribution in [2.75, 3.05) is 6.54 Å². The molecule has 3 nitrogen and oxygen atoms in total. The zero-order valence-electron chi connectivity index (χ0n) is 8.27. The van der Waals surface area contributed by atoms with E-state index < -0.39 is 0 Å². The maximum Gasteiger partial charge on any atom is 0.0524 e. The Hall–Kier alpha value is -0.250. The summed E-state index contributed by atoms with van der Waals surface area (Å²) < 4.78 is 1.99. The topological polar surface area (TPSA) is 43.8 Å². The average molecular weight is 238 g/mol. The third-order valence-electron chi connectivity index (χ3n) is 2.78. The second-order valence-electron chi connectivity index (χ2n) is 3.58. The second kappa shape index (κ2) is 5.59. The average Bonchev–Trinajstić information content (AvgIpc) is 2.47. The van der Waals surface area contributed by atoms with Gasteiger partial charge in [0.15, 0.2) is 0 Å². The van der Waals surface area contributed by atoms with E-state index in [9.17, 15) is 0 Å². The third-order valence-corrected chi connectivity index (χ3v) is 2.78. The fraction of sp³-hybridized carbons (Fsp3) is 0.667. The van der Waals surface area contributed by atoms with E-state index in [1.807, 2.05) is 17.9 Å². The molecule has 1 unspecified atom stereocenters. The molecule has 14 heavy (non-hydrogen) atoms. The van der Waals surface area contributed by atoms with Gasteiger partial charge < -0.3 is 5.73 Å². The van der Waals surface area contributed by atoms with Gasteiger partial charge in [-0.3, -0.25) is 4.68 Å². The molecule has 5 heteroatoms. The summed E-state index contributed by atoms with van der Waals surface area (Å²) in [7, 11) is 2.02. The highest BCUT2D eigenvalue weighted by Crippen LogP contribution is 2.23. The van der Waals surface area contributed by atoms with E-state index in [0.29, 0.717) is 5.92 Å².